The first-order chi connectivity index (χ1) is 17.6. The van der Waals surface area contributed by atoms with Crippen molar-refractivity contribution in [1.29, 1.82) is 0 Å². The zero-order valence-electron chi connectivity index (χ0n) is 20.6. The van der Waals surface area contributed by atoms with Crippen LogP contribution in [0.3, 0.4) is 0 Å². The van der Waals surface area contributed by atoms with Crippen LogP contribution in [0.25, 0.3) is 0 Å². The molecule has 3 aromatic carbocycles. The van der Waals surface area contributed by atoms with Gasteiger partial charge in [0.15, 0.2) is 0 Å². The number of hydrogen-bond acceptors (Lipinski definition) is 6. The van der Waals surface area contributed by atoms with E-state index in [2.05, 4.69) is 0 Å². The van der Waals surface area contributed by atoms with Gasteiger partial charge in [0.25, 0.3) is 0 Å². The molecule has 0 unspecified atom stereocenters. The molecule has 1 saturated carbocycles. The Morgan fingerprint density at radius 2 is 1.17 bits per heavy atom. The molecule has 36 heavy (non-hydrogen) atoms. The summed E-state index contributed by atoms with van der Waals surface area (Å²) in [6, 6.07) is 24.4. The smallest absolute Gasteiger partial charge is 0.314 e. The fourth-order valence-electron chi connectivity index (χ4n) is 4.16. The molecule has 0 atom stereocenters. The van der Waals surface area contributed by atoms with E-state index < -0.39 is 0 Å². The first-order valence-electron chi connectivity index (χ1n) is 12.4. The highest BCUT2D eigenvalue weighted by Crippen LogP contribution is 2.31. The Morgan fingerprint density at radius 1 is 0.667 bits per heavy atom. The number of esters is 2. The van der Waals surface area contributed by atoms with Gasteiger partial charge in [-0.05, 0) is 74.6 Å². The van der Waals surface area contributed by atoms with Crippen LogP contribution < -0.4 is 14.2 Å². The lowest BCUT2D eigenvalue weighted by atomic mass is 9.82. The number of benzene rings is 3. The normalized spacial score (nSPS) is 17.2. The second kappa shape index (κ2) is 12.9. The second-order valence-electron chi connectivity index (χ2n) is 9.06. The Hall–Kier alpha value is -3.64. The Labute approximate surface area is 212 Å². The first-order valence-corrected chi connectivity index (χ1v) is 12.4. The molecule has 3 aromatic rings. The average molecular weight is 489 g/mol. The van der Waals surface area contributed by atoms with Gasteiger partial charge in [-0.25, -0.2) is 0 Å². The molecule has 1 aliphatic carbocycles. The van der Waals surface area contributed by atoms with Crippen molar-refractivity contribution < 1.29 is 28.5 Å². The Bertz CT molecular complexity index is 1100. The Balaban J connectivity index is 1.14. The lowest BCUT2D eigenvalue weighted by molar-refractivity contribution is -0.145. The SMILES string of the molecule is Cc1ccc(OC(=O)C2CCC(C(=O)Oc3ccc(OCCOCc4ccccc4)cc3)CC2)cc1. The van der Waals surface area contributed by atoms with E-state index in [1.165, 1.54) is 0 Å². The van der Waals surface area contributed by atoms with Crippen LogP contribution in [-0.4, -0.2) is 25.2 Å². The van der Waals surface area contributed by atoms with Gasteiger partial charge < -0.3 is 18.9 Å². The summed E-state index contributed by atoms with van der Waals surface area (Å²) in [6.45, 7) is 3.45. The first kappa shape index (κ1) is 25.5. The zero-order chi connectivity index (χ0) is 25.2. The third-order valence-corrected chi connectivity index (χ3v) is 6.28. The fraction of sp³-hybridized carbons (Fsp3) is 0.333. The maximum absolute atomic E-state index is 12.6. The maximum Gasteiger partial charge on any atom is 0.314 e. The molecule has 6 heteroatoms. The van der Waals surface area contributed by atoms with E-state index in [0.29, 0.717) is 62.8 Å². The largest absolute Gasteiger partial charge is 0.491 e. The predicted molar refractivity (Wildman–Crippen MR) is 136 cm³/mol. The number of hydrogen-bond donors (Lipinski definition) is 0. The van der Waals surface area contributed by atoms with E-state index in [4.69, 9.17) is 18.9 Å². The van der Waals surface area contributed by atoms with Crippen molar-refractivity contribution in [1.82, 2.24) is 0 Å². The van der Waals surface area contributed by atoms with Crippen molar-refractivity contribution in [3.63, 3.8) is 0 Å². The maximum atomic E-state index is 12.6. The topological polar surface area (TPSA) is 71.1 Å². The van der Waals surface area contributed by atoms with Gasteiger partial charge >= 0.3 is 11.9 Å². The van der Waals surface area contributed by atoms with E-state index in [1.54, 1.807) is 36.4 Å². The van der Waals surface area contributed by atoms with Crippen molar-refractivity contribution in [3.05, 3.63) is 90.0 Å². The van der Waals surface area contributed by atoms with E-state index in [1.807, 2.05) is 49.4 Å². The van der Waals surface area contributed by atoms with Gasteiger partial charge in [-0.3, -0.25) is 9.59 Å². The van der Waals surface area contributed by atoms with Crippen LogP contribution in [0.5, 0.6) is 17.2 Å². The average Bonchev–Trinajstić information content (AvgIpc) is 2.91. The van der Waals surface area contributed by atoms with Crippen LogP contribution in [0, 0.1) is 18.8 Å². The van der Waals surface area contributed by atoms with Crippen LogP contribution in [-0.2, 0) is 20.9 Å². The molecule has 0 aromatic heterocycles. The summed E-state index contributed by atoms with van der Waals surface area (Å²) in [6.07, 6.45) is 2.44. The van der Waals surface area contributed by atoms with Gasteiger partial charge in [0.1, 0.15) is 23.9 Å². The molecule has 4 rings (SSSR count). The molecule has 0 N–H and O–H groups in total. The monoisotopic (exact) mass is 488 g/mol. The van der Waals surface area contributed by atoms with Gasteiger partial charge in [-0.1, -0.05) is 48.0 Å². The fourth-order valence-corrected chi connectivity index (χ4v) is 4.16. The van der Waals surface area contributed by atoms with E-state index in [0.717, 1.165) is 11.1 Å². The number of ether oxygens (including phenoxy) is 4. The molecule has 1 fully saturated rings. The second-order valence-corrected chi connectivity index (χ2v) is 9.06. The quantitative estimate of drug-likeness (QED) is 0.201. The molecule has 0 bridgehead atoms. The van der Waals surface area contributed by atoms with Gasteiger partial charge in [0.2, 0.25) is 0 Å². The molecular formula is C30H32O6. The Morgan fingerprint density at radius 3 is 1.72 bits per heavy atom. The van der Waals surface area contributed by atoms with Crippen molar-refractivity contribution >= 4 is 11.9 Å². The number of carbonyl (C=O) groups is 2. The molecule has 0 aliphatic heterocycles. The van der Waals surface area contributed by atoms with Gasteiger partial charge in [0, 0.05) is 0 Å². The minimum absolute atomic E-state index is 0.191. The summed E-state index contributed by atoms with van der Waals surface area (Å²) in [5.74, 6) is 0.822. The highest BCUT2D eigenvalue weighted by molar-refractivity contribution is 5.77. The van der Waals surface area contributed by atoms with Gasteiger partial charge in [-0.15, -0.1) is 0 Å². The Kier molecular flexibility index (Phi) is 9.11. The van der Waals surface area contributed by atoms with E-state index >= 15 is 0 Å². The summed E-state index contributed by atoms with van der Waals surface area (Å²) in [5, 5.41) is 0. The van der Waals surface area contributed by atoms with Crippen LogP contribution >= 0.6 is 0 Å². The number of carbonyl (C=O) groups excluding carboxylic acids is 2. The molecular weight excluding hydrogens is 456 g/mol. The van der Waals surface area contributed by atoms with Crippen LogP contribution in [0.4, 0.5) is 0 Å². The molecule has 0 radical (unpaired) electrons. The highest BCUT2D eigenvalue weighted by Gasteiger charge is 2.32. The van der Waals surface area contributed by atoms with Crippen LogP contribution in [0.2, 0.25) is 0 Å². The minimum atomic E-state index is -0.261. The van der Waals surface area contributed by atoms with E-state index in [9.17, 15) is 9.59 Å². The van der Waals surface area contributed by atoms with Crippen LogP contribution in [0.15, 0.2) is 78.9 Å². The number of aryl methyl sites for hydroxylation is 1. The van der Waals surface area contributed by atoms with Gasteiger partial charge in [0.05, 0.1) is 25.0 Å². The van der Waals surface area contributed by atoms with Crippen LogP contribution in [0.1, 0.15) is 36.8 Å². The van der Waals surface area contributed by atoms with Crippen molar-refractivity contribution in [3.8, 4) is 17.2 Å². The molecule has 0 amide bonds. The molecule has 188 valence electrons. The predicted octanol–water partition coefficient (Wildman–Crippen LogP) is 5.91. The summed E-state index contributed by atoms with van der Waals surface area (Å²) in [5.41, 5.74) is 2.24. The third kappa shape index (κ3) is 7.68. The zero-order valence-corrected chi connectivity index (χ0v) is 20.6. The minimum Gasteiger partial charge on any atom is -0.491 e. The third-order valence-electron chi connectivity index (χ3n) is 6.28. The lowest BCUT2D eigenvalue weighted by Crippen LogP contribution is -2.30. The molecule has 0 saturated heterocycles. The molecule has 0 heterocycles. The molecule has 1 aliphatic rings. The van der Waals surface area contributed by atoms with Crippen molar-refractivity contribution in [2.45, 2.75) is 39.2 Å². The summed E-state index contributed by atoms with van der Waals surface area (Å²) < 4.78 is 22.4. The van der Waals surface area contributed by atoms with Gasteiger partial charge in [-0.2, -0.15) is 0 Å². The van der Waals surface area contributed by atoms with Crippen molar-refractivity contribution in [2.75, 3.05) is 13.2 Å². The molecule has 0 spiro atoms. The molecule has 6 nitrogen and oxygen atoms in total. The summed E-state index contributed by atoms with van der Waals surface area (Å²) in [7, 11) is 0. The highest BCUT2D eigenvalue weighted by atomic mass is 16.5. The van der Waals surface area contributed by atoms with E-state index in [-0.39, 0.29) is 23.8 Å². The lowest BCUT2D eigenvalue weighted by Gasteiger charge is -2.25. The number of rotatable bonds is 10. The summed E-state index contributed by atoms with van der Waals surface area (Å²) in [4.78, 5) is 25.1. The standard InChI is InChI=1S/C30H32O6/c1-22-7-13-27(14-8-22)35-29(31)24-9-11-25(12-10-24)30(32)36-28-17-15-26(16-18-28)34-20-19-33-21-23-5-3-2-4-6-23/h2-8,13-18,24-25H,9-12,19-21H2,1H3. The van der Waals surface area contributed by atoms with Crippen molar-refractivity contribution in [2.24, 2.45) is 11.8 Å². The summed E-state index contributed by atoms with van der Waals surface area (Å²) >= 11 is 0.